The summed E-state index contributed by atoms with van der Waals surface area (Å²) in [7, 11) is 1.29. The number of methoxy groups -OCH3 is 1. The lowest BCUT2D eigenvalue weighted by molar-refractivity contribution is 0.0596. The van der Waals surface area contributed by atoms with Gasteiger partial charge in [0, 0.05) is 29.8 Å². The lowest BCUT2D eigenvalue weighted by Crippen LogP contribution is -2.15. The molecule has 7 nitrogen and oxygen atoms in total. The number of H-pyrrole nitrogens is 1. The summed E-state index contributed by atoms with van der Waals surface area (Å²) < 4.78 is 6.51. The molecular formula is C17H16N4O3. The Morgan fingerprint density at radius 2 is 2.00 bits per heavy atom. The number of aromatic nitrogens is 3. The van der Waals surface area contributed by atoms with Gasteiger partial charge in [0.25, 0.3) is 5.91 Å². The number of aryl methyl sites for hydroxylation is 1. The quantitative estimate of drug-likeness (QED) is 0.722. The van der Waals surface area contributed by atoms with Crippen LogP contribution in [0.2, 0.25) is 0 Å². The maximum absolute atomic E-state index is 12.5. The van der Waals surface area contributed by atoms with Gasteiger partial charge in [-0.3, -0.25) is 4.79 Å². The summed E-state index contributed by atoms with van der Waals surface area (Å²) in [5.74, 6) is -0.248. The third kappa shape index (κ3) is 3.05. The summed E-state index contributed by atoms with van der Waals surface area (Å²) in [4.78, 5) is 31.4. The molecule has 3 rings (SSSR count). The zero-order valence-corrected chi connectivity index (χ0v) is 13.2. The van der Waals surface area contributed by atoms with Crippen molar-refractivity contribution in [3.63, 3.8) is 0 Å². The Hall–Kier alpha value is -3.35. The fraction of sp³-hybridized carbons (Fsp3) is 0.118. The van der Waals surface area contributed by atoms with Gasteiger partial charge < -0.3 is 19.6 Å². The van der Waals surface area contributed by atoms with Crippen molar-refractivity contribution in [2.24, 2.45) is 0 Å². The first-order chi connectivity index (χ1) is 11.6. The van der Waals surface area contributed by atoms with Crippen molar-refractivity contribution in [2.45, 2.75) is 6.92 Å². The molecular weight excluding hydrogens is 308 g/mol. The van der Waals surface area contributed by atoms with Gasteiger partial charge in [-0.2, -0.15) is 0 Å². The predicted octanol–water partition coefficient (Wildman–Crippen LogP) is 2.55. The van der Waals surface area contributed by atoms with Crippen molar-refractivity contribution >= 4 is 17.6 Å². The predicted molar refractivity (Wildman–Crippen MR) is 88.4 cm³/mol. The van der Waals surface area contributed by atoms with Crippen LogP contribution in [0.3, 0.4) is 0 Å². The highest BCUT2D eigenvalue weighted by molar-refractivity contribution is 6.07. The van der Waals surface area contributed by atoms with Crippen molar-refractivity contribution < 1.29 is 14.3 Å². The number of carbonyl (C=O) groups excluding carboxylic acids is 2. The molecule has 0 fully saturated rings. The number of hydrogen-bond acceptors (Lipinski definition) is 4. The molecule has 0 bridgehead atoms. The first kappa shape index (κ1) is 15.5. The molecule has 0 aliphatic rings. The van der Waals surface area contributed by atoms with Crippen LogP contribution in [-0.2, 0) is 4.74 Å². The van der Waals surface area contributed by atoms with Crippen LogP contribution in [0.1, 0.15) is 26.5 Å². The number of pyridine rings is 1. The summed E-state index contributed by atoms with van der Waals surface area (Å²) >= 11 is 0. The highest BCUT2D eigenvalue weighted by Crippen LogP contribution is 2.19. The number of anilines is 1. The van der Waals surface area contributed by atoms with Crippen LogP contribution in [0.5, 0.6) is 0 Å². The smallest absolute Gasteiger partial charge is 0.356 e. The maximum Gasteiger partial charge on any atom is 0.356 e. The van der Waals surface area contributed by atoms with E-state index in [2.05, 4.69) is 15.3 Å². The molecule has 3 aromatic heterocycles. The molecule has 0 saturated heterocycles. The number of nitrogens with zero attached hydrogens (tertiary/aromatic N) is 2. The van der Waals surface area contributed by atoms with Crippen LogP contribution in [0.25, 0.3) is 5.82 Å². The van der Waals surface area contributed by atoms with Gasteiger partial charge in [-0.15, -0.1) is 0 Å². The van der Waals surface area contributed by atoms with Gasteiger partial charge in [-0.05, 0) is 37.3 Å². The Morgan fingerprint density at radius 1 is 1.25 bits per heavy atom. The molecule has 3 aromatic rings. The SMILES string of the molecule is COC(=O)c1[nH]c(C)cc1NC(=O)c1ccnc(-n2cccc2)c1. The second kappa shape index (κ2) is 6.41. The molecule has 24 heavy (non-hydrogen) atoms. The van der Waals surface area contributed by atoms with Gasteiger partial charge in [0.05, 0.1) is 12.8 Å². The van der Waals surface area contributed by atoms with Crippen LogP contribution in [0.4, 0.5) is 5.69 Å². The van der Waals surface area contributed by atoms with E-state index >= 15 is 0 Å². The number of rotatable bonds is 4. The minimum atomic E-state index is -0.541. The fourth-order valence-electron chi connectivity index (χ4n) is 2.33. The first-order valence-corrected chi connectivity index (χ1v) is 7.27. The number of esters is 1. The number of carbonyl (C=O) groups is 2. The van der Waals surface area contributed by atoms with Crippen molar-refractivity contribution in [1.29, 1.82) is 0 Å². The molecule has 3 heterocycles. The Morgan fingerprint density at radius 3 is 2.71 bits per heavy atom. The van der Waals surface area contributed by atoms with Gasteiger partial charge in [-0.1, -0.05) is 0 Å². The molecule has 0 atom stereocenters. The lowest BCUT2D eigenvalue weighted by atomic mass is 10.2. The lowest BCUT2D eigenvalue weighted by Gasteiger charge is -2.07. The average molecular weight is 324 g/mol. The van der Waals surface area contributed by atoms with Crippen LogP contribution >= 0.6 is 0 Å². The Balaban J connectivity index is 1.86. The minimum absolute atomic E-state index is 0.211. The number of hydrogen-bond donors (Lipinski definition) is 2. The number of nitrogens with one attached hydrogen (secondary N) is 2. The van der Waals surface area contributed by atoms with Gasteiger partial charge in [0.1, 0.15) is 11.5 Å². The van der Waals surface area contributed by atoms with Crippen LogP contribution in [0, 0.1) is 6.92 Å². The third-order valence-corrected chi connectivity index (χ3v) is 3.47. The van der Waals surface area contributed by atoms with Crippen LogP contribution in [-0.4, -0.2) is 33.5 Å². The van der Waals surface area contributed by atoms with Gasteiger partial charge in [-0.25, -0.2) is 9.78 Å². The van der Waals surface area contributed by atoms with E-state index in [1.807, 2.05) is 24.5 Å². The normalized spacial score (nSPS) is 10.4. The summed E-state index contributed by atoms with van der Waals surface area (Å²) in [6.45, 7) is 1.79. The summed E-state index contributed by atoms with van der Waals surface area (Å²) in [5, 5.41) is 2.73. The van der Waals surface area contributed by atoms with Gasteiger partial charge in [0.15, 0.2) is 0 Å². The van der Waals surface area contributed by atoms with Crippen molar-refractivity contribution in [3.8, 4) is 5.82 Å². The molecule has 7 heteroatoms. The van der Waals surface area contributed by atoms with Crippen molar-refractivity contribution in [2.75, 3.05) is 12.4 Å². The summed E-state index contributed by atoms with van der Waals surface area (Å²) in [6, 6.07) is 8.71. The van der Waals surface area contributed by atoms with E-state index in [-0.39, 0.29) is 11.6 Å². The molecule has 122 valence electrons. The Labute approximate surface area is 138 Å². The van der Waals surface area contributed by atoms with E-state index in [0.29, 0.717) is 17.1 Å². The number of amides is 1. The topological polar surface area (TPSA) is 89.0 Å². The number of aromatic amines is 1. The van der Waals surface area contributed by atoms with E-state index in [4.69, 9.17) is 4.74 Å². The van der Waals surface area contributed by atoms with E-state index < -0.39 is 5.97 Å². The van der Waals surface area contributed by atoms with Gasteiger partial charge >= 0.3 is 5.97 Å². The minimum Gasteiger partial charge on any atom is -0.464 e. The molecule has 2 N–H and O–H groups in total. The van der Waals surface area contributed by atoms with Crippen molar-refractivity contribution in [3.05, 3.63) is 65.9 Å². The highest BCUT2D eigenvalue weighted by atomic mass is 16.5. The summed E-state index contributed by atoms with van der Waals surface area (Å²) in [6.07, 6.45) is 5.25. The fourth-order valence-corrected chi connectivity index (χ4v) is 2.33. The molecule has 0 radical (unpaired) electrons. The highest BCUT2D eigenvalue weighted by Gasteiger charge is 2.17. The van der Waals surface area contributed by atoms with Crippen LogP contribution in [0.15, 0.2) is 48.9 Å². The van der Waals surface area contributed by atoms with E-state index in [0.717, 1.165) is 5.69 Å². The van der Waals surface area contributed by atoms with Gasteiger partial charge in [0.2, 0.25) is 0 Å². The maximum atomic E-state index is 12.5. The molecule has 0 saturated carbocycles. The molecule has 1 amide bonds. The first-order valence-electron chi connectivity index (χ1n) is 7.27. The zero-order chi connectivity index (χ0) is 17.1. The number of ether oxygens (including phenoxy) is 1. The summed E-state index contributed by atoms with van der Waals surface area (Å²) in [5.41, 5.74) is 1.77. The average Bonchev–Trinajstić information content (AvgIpc) is 3.24. The molecule has 0 aromatic carbocycles. The molecule has 0 spiro atoms. The molecule has 0 aliphatic heterocycles. The molecule has 0 unspecified atom stereocenters. The largest absolute Gasteiger partial charge is 0.464 e. The van der Waals surface area contributed by atoms with E-state index in [1.54, 1.807) is 35.9 Å². The molecule has 0 aliphatic carbocycles. The van der Waals surface area contributed by atoms with E-state index in [9.17, 15) is 9.59 Å². The standard InChI is InChI=1S/C17H16N4O3/c1-11-9-13(15(19-11)17(23)24-2)20-16(22)12-5-6-18-14(10-12)21-7-3-4-8-21/h3-10,19H,1-2H3,(H,20,22). The van der Waals surface area contributed by atoms with E-state index in [1.165, 1.54) is 7.11 Å². The zero-order valence-electron chi connectivity index (χ0n) is 13.2. The van der Waals surface area contributed by atoms with Crippen LogP contribution < -0.4 is 5.32 Å². The van der Waals surface area contributed by atoms with Crippen molar-refractivity contribution in [1.82, 2.24) is 14.5 Å². The Kier molecular flexibility index (Phi) is 4.15. The third-order valence-electron chi connectivity index (χ3n) is 3.47. The second-order valence-corrected chi connectivity index (χ2v) is 5.18. The monoisotopic (exact) mass is 324 g/mol. The second-order valence-electron chi connectivity index (χ2n) is 5.18. The Bertz CT molecular complexity index is 881.